The number of carbonyl (C=O) groups excluding carboxylic acids is 1. The summed E-state index contributed by atoms with van der Waals surface area (Å²) in [5, 5.41) is 14.7. The van der Waals surface area contributed by atoms with Gasteiger partial charge in [-0.1, -0.05) is 12.1 Å². The first-order chi connectivity index (χ1) is 14.6. The van der Waals surface area contributed by atoms with Gasteiger partial charge in [0.1, 0.15) is 0 Å². The van der Waals surface area contributed by atoms with Crippen LogP contribution < -0.4 is 5.43 Å². The number of rotatable bonds is 5. The van der Waals surface area contributed by atoms with Crippen LogP contribution in [0.15, 0.2) is 59.7 Å². The number of hydrogen-bond donors (Lipinski definition) is 1. The maximum Gasteiger partial charge on any atom is 0.416 e. The number of alkyl halides is 3. The first-order valence-electron chi connectivity index (χ1n) is 9.02. The molecule has 1 heterocycles. The first-order valence-corrected chi connectivity index (χ1v) is 9.02. The van der Waals surface area contributed by atoms with E-state index in [9.17, 15) is 28.1 Å². The van der Waals surface area contributed by atoms with Crippen LogP contribution in [0.2, 0.25) is 0 Å². The van der Waals surface area contributed by atoms with E-state index in [-0.39, 0.29) is 11.3 Å². The van der Waals surface area contributed by atoms with Crippen LogP contribution in [0.25, 0.3) is 5.69 Å². The Morgan fingerprint density at radius 1 is 1.13 bits per heavy atom. The van der Waals surface area contributed by atoms with Gasteiger partial charge in [-0.3, -0.25) is 14.9 Å². The van der Waals surface area contributed by atoms with Crippen molar-refractivity contribution in [3.8, 4) is 5.69 Å². The van der Waals surface area contributed by atoms with Gasteiger partial charge in [-0.2, -0.15) is 18.3 Å². The molecule has 0 aliphatic heterocycles. The SMILES string of the molecule is Cc1cc(C=NNC(=O)c2cccc([N+](=O)[O-])c2)c(C)n1-c1cccc(C(F)(F)F)c1. The summed E-state index contributed by atoms with van der Waals surface area (Å²) >= 11 is 0. The van der Waals surface area contributed by atoms with Crippen LogP contribution in [0.4, 0.5) is 18.9 Å². The van der Waals surface area contributed by atoms with Crippen LogP contribution in [-0.4, -0.2) is 21.6 Å². The highest BCUT2D eigenvalue weighted by atomic mass is 19.4. The molecule has 0 radical (unpaired) electrons. The van der Waals surface area contributed by atoms with E-state index in [1.807, 2.05) is 0 Å². The third kappa shape index (κ3) is 4.80. The van der Waals surface area contributed by atoms with Crippen molar-refractivity contribution < 1.29 is 22.9 Å². The van der Waals surface area contributed by atoms with Crippen LogP contribution in [0.5, 0.6) is 0 Å². The summed E-state index contributed by atoms with van der Waals surface area (Å²) in [6, 6.07) is 11.9. The second-order valence-electron chi connectivity index (χ2n) is 6.72. The third-order valence-corrected chi connectivity index (χ3v) is 4.59. The molecule has 0 bridgehead atoms. The Morgan fingerprint density at radius 2 is 1.84 bits per heavy atom. The van der Waals surface area contributed by atoms with Crippen molar-refractivity contribution in [1.29, 1.82) is 0 Å². The molecule has 0 aliphatic carbocycles. The smallest absolute Gasteiger partial charge is 0.318 e. The summed E-state index contributed by atoms with van der Waals surface area (Å²) in [6.07, 6.45) is -3.09. The summed E-state index contributed by atoms with van der Waals surface area (Å²) in [5.74, 6) is -0.633. The van der Waals surface area contributed by atoms with E-state index < -0.39 is 22.6 Å². The zero-order valence-electron chi connectivity index (χ0n) is 16.5. The fraction of sp³-hybridized carbons (Fsp3) is 0.143. The summed E-state index contributed by atoms with van der Waals surface area (Å²) in [6.45, 7) is 3.46. The van der Waals surface area contributed by atoms with Crippen molar-refractivity contribution in [2.45, 2.75) is 20.0 Å². The molecule has 10 heteroatoms. The molecule has 0 saturated heterocycles. The lowest BCUT2D eigenvalue weighted by Gasteiger charge is -2.13. The Morgan fingerprint density at radius 3 is 2.52 bits per heavy atom. The van der Waals surface area contributed by atoms with Crippen molar-refractivity contribution in [3.05, 3.63) is 92.8 Å². The van der Waals surface area contributed by atoms with Gasteiger partial charge in [-0.25, -0.2) is 5.43 Å². The molecule has 0 aliphatic rings. The minimum Gasteiger partial charge on any atom is -0.318 e. The molecule has 0 spiro atoms. The molecule has 1 aromatic heterocycles. The van der Waals surface area contributed by atoms with E-state index in [2.05, 4.69) is 10.5 Å². The molecule has 3 aromatic rings. The number of nitrogens with one attached hydrogen (secondary N) is 1. The summed E-state index contributed by atoms with van der Waals surface area (Å²) in [7, 11) is 0. The second kappa shape index (κ2) is 8.42. The molecule has 160 valence electrons. The normalized spacial score (nSPS) is 11.6. The average molecular weight is 430 g/mol. The van der Waals surface area contributed by atoms with Gasteiger partial charge in [0, 0.05) is 40.3 Å². The number of nitro benzene ring substituents is 1. The Labute approximate surface area is 175 Å². The van der Waals surface area contributed by atoms with Crippen LogP contribution in [0.3, 0.4) is 0 Å². The molecular formula is C21H17F3N4O3. The predicted octanol–water partition coefficient (Wildman–Crippen LogP) is 4.79. The summed E-state index contributed by atoms with van der Waals surface area (Å²) in [4.78, 5) is 22.4. The molecule has 0 saturated carbocycles. The molecule has 1 N–H and O–H groups in total. The van der Waals surface area contributed by atoms with Crippen LogP contribution in [0, 0.1) is 24.0 Å². The van der Waals surface area contributed by atoms with Gasteiger partial charge in [0.05, 0.1) is 16.7 Å². The van der Waals surface area contributed by atoms with Crippen LogP contribution >= 0.6 is 0 Å². The number of benzene rings is 2. The molecular weight excluding hydrogens is 413 g/mol. The maximum atomic E-state index is 13.0. The standard InChI is InChI=1S/C21H17F3N4O3/c1-13-9-16(12-25-26-20(29)15-5-3-8-19(10-15)28(30)31)14(2)27(13)18-7-4-6-17(11-18)21(22,23)24/h3-12H,1-2H3,(H,26,29). The quantitative estimate of drug-likeness (QED) is 0.359. The number of aryl methyl sites for hydroxylation is 1. The molecule has 7 nitrogen and oxygen atoms in total. The fourth-order valence-electron chi connectivity index (χ4n) is 3.12. The van der Waals surface area contributed by atoms with Crippen molar-refractivity contribution in [1.82, 2.24) is 9.99 Å². The number of amides is 1. The molecule has 0 fully saturated rings. The van der Waals surface area contributed by atoms with Gasteiger partial charge in [-0.15, -0.1) is 0 Å². The monoisotopic (exact) mass is 430 g/mol. The second-order valence-corrected chi connectivity index (χ2v) is 6.72. The number of halogens is 3. The molecule has 31 heavy (non-hydrogen) atoms. The zero-order chi connectivity index (χ0) is 22.8. The van der Waals surface area contributed by atoms with Crippen molar-refractivity contribution >= 4 is 17.8 Å². The van der Waals surface area contributed by atoms with E-state index in [0.717, 1.165) is 18.2 Å². The van der Waals surface area contributed by atoms with Gasteiger partial charge in [0.25, 0.3) is 11.6 Å². The van der Waals surface area contributed by atoms with Gasteiger partial charge in [0.2, 0.25) is 0 Å². The predicted molar refractivity (Wildman–Crippen MR) is 108 cm³/mol. The van der Waals surface area contributed by atoms with Crippen molar-refractivity contribution in [3.63, 3.8) is 0 Å². The highest BCUT2D eigenvalue weighted by molar-refractivity contribution is 5.95. The number of hydrazone groups is 1. The van der Waals surface area contributed by atoms with Gasteiger partial charge >= 0.3 is 6.18 Å². The Balaban J connectivity index is 1.81. The Hall–Kier alpha value is -3.95. The van der Waals surface area contributed by atoms with Crippen molar-refractivity contribution in [2.75, 3.05) is 0 Å². The van der Waals surface area contributed by atoms with Crippen LogP contribution in [0.1, 0.15) is 32.9 Å². The summed E-state index contributed by atoms with van der Waals surface area (Å²) < 4.78 is 40.8. The number of nitro groups is 1. The number of non-ortho nitro benzene ring substituents is 1. The minimum absolute atomic E-state index is 0.0702. The van der Waals surface area contributed by atoms with Crippen molar-refractivity contribution in [2.24, 2.45) is 5.10 Å². The highest BCUT2D eigenvalue weighted by Crippen LogP contribution is 2.31. The van der Waals surface area contributed by atoms with E-state index in [1.165, 1.54) is 30.5 Å². The first kappa shape index (κ1) is 21.8. The van der Waals surface area contributed by atoms with E-state index in [0.29, 0.717) is 22.6 Å². The number of nitrogens with zero attached hydrogens (tertiary/aromatic N) is 3. The highest BCUT2D eigenvalue weighted by Gasteiger charge is 2.30. The van der Waals surface area contributed by atoms with E-state index >= 15 is 0 Å². The van der Waals surface area contributed by atoms with Gasteiger partial charge in [0.15, 0.2) is 0 Å². The molecule has 1 amide bonds. The lowest BCUT2D eigenvalue weighted by Crippen LogP contribution is -2.17. The largest absolute Gasteiger partial charge is 0.416 e. The average Bonchev–Trinajstić information content (AvgIpc) is 3.00. The molecule has 0 unspecified atom stereocenters. The molecule has 3 rings (SSSR count). The number of hydrogen-bond acceptors (Lipinski definition) is 4. The minimum atomic E-state index is -4.45. The molecule has 0 atom stereocenters. The fourth-order valence-corrected chi connectivity index (χ4v) is 3.12. The van der Waals surface area contributed by atoms with E-state index in [1.54, 1.807) is 30.5 Å². The number of carbonyl (C=O) groups is 1. The lowest BCUT2D eigenvalue weighted by atomic mass is 10.2. The van der Waals surface area contributed by atoms with Gasteiger partial charge < -0.3 is 4.57 Å². The Bertz CT molecular complexity index is 1180. The topological polar surface area (TPSA) is 89.5 Å². The third-order valence-electron chi connectivity index (χ3n) is 4.59. The lowest BCUT2D eigenvalue weighted by molar-refractivity contribution is -0.384. The zero-order valence-corrected chi connectivity index (χ0v) is 16.5. The maximum absolute atomic E-state index is 13.0. The number of aromatic nitrogens is 1. The van der Waals surface area contributed by atoms with E-state index in [4.69, 9.17) is 0 Å². The Kier molecular flexibility index (Phi) is 5.91. The van der Waals surface area contributed by atoms with Crippen LogP contribution in [-0.2, 0) is 6.18 Å². The summed E-state index contributed by atoms with van der Waals surface area (Å²) in [5.41, 5.74) is 3.64. The van der Waals surface area contributed by atoms with Gasteiger partial charge in [-0.05, 0) is 44.2 Å². The molecule has 2 aromatic carbocycles.